The van der Waals surface area contributed by atoms with Crippen LogP contribution in [-0.2, 0) is 47.6 Å². The van der Waals surface area contributed by atoms with E-state index in [9.17, 15) is 39.6 Å². The van der Waals surface area contributed by atoms with Gasteiger partial charge in [0.25, 0.3) is 0 Å². The third-order valence-electron chi connectivity index (χ3n) is 8.57. The van der Waals surface area contributed by atoms with Gasteiger partial charge < -0.3 is 48.8 Å². The van der Waals surface area contributed by atoms with Gasteiger partial charge in [-0.1, -0.05) is 24.3 Å². The van der Waals surface area contributed by atoms with Crippen molar-refractivity contribution in [2.24, 2.45) is 11.8 Å². The molecule has 0 amide bonds. The Bertz CT molecular complexity index is 1510. The standard InChI is InChI=1S/C33H36O14/c1-16(44-25(36)11-6-18-4-7-19(35)8-5-18)22-14-33(47-31(22)41)13-12-20-21(30(40)42-3)9-10-23(26(20)33)45-32-29(39)28(38)27(37)24(46-32)15-43-17(2)34/h4-9,11-14,16,20,23-24,26-29,32,35,37-39H,10,15H2,1-3H3/b11-6-/t16-,20+,23+,24+,26+,27+,28-,29+,32+,33+/m0/s1. The minimum atomic E-state index is -1.71. The highest BCUT2D eigenvalue weighted by Crippen LogP contribution is 2.51. The molecule has 2 heterocycles. The third-order valence-corrected chi connectivity index (χ3v) is 8.57. The molecule has 0 bridgehead atoms. The van der Waals surface area contributed by atoms with E-state index in [-0.39, 0.29) is 23.3 Å². The molecule has 1 aromatic carbocycles. The molecule has 1 fully saturated rings. The average molecular weight is 657 g/mol. The predicted octanol–water partition coefficient (Wildman–Crippen LogP) is 0.620. The highest BCUT2D eigenvalue weighted by atomic mass is 16.7. The van der Waals surface area contributed by atoms with E-state index >= 15 is 0 Å². The largest absolute Gasteiger partial charge is 0.508 e. The highest BCUT2D eigenvalue weighted by molar-refractivity contribution is 5.95. The second-order valence-electron chi connectivity index (χ2n) is 11.6. The summed E-state index contributed by atoms with van der Waals surface area (Å²) < 4.78 is 33.2. The smallest absolute Gasteiger partial charge is 0.338 e. The number of ether oxygens (including phenoxy) is 6. The lowest BCUT2D eigenvalue weighted by Crippen LogP contribution is -2.61. The van der Waals surface area contributed by atoms with Gasteiger partial charge in [0.1, 0.15) is 42.9 Å². The number of aliphatic hydroxyl groups is 3. The Labute approximate surface area is 269 Å². The van der Waals surface area contributed by atoms with E-state index in [0.29, 0.717) is 5.56 Å². The fraction of sp³-hybridized carbons (Fsp3) is 0.455. The zero-order chi connectivity index (χ0) is 34.0. The molecule has 47 heavy (non-hydrogen) atoms. The zero-order valence-corrected chi connectivity index (χ0v) is 25.8. The van der Waals surface area contributed by atoms with Crippen LogP contribution in [0.25, 0.3) is 6.08 Å². The van der Waals surface area contributed by atoms with E-state index in [2.05, 4.69) is 0 Å². The van der Waals surface area contributed by atoms with Gasteiger partial charge in [-0.15, -0.1) is 0 Å². The molecule has 14 nitrogen and oxygen atoms in total. The SMILES string of the molecule is COC(=O)C1=CC[C@@H](O[C@@H]2O[C@H](COC(C)=O)[C@@H](O)[C@H](O)[C@H]2O)[C@H]2[C@@H]1C=C[C@@]21C=C([C@H](C)OC(=O)/C=C\c2ccc(O)cc2)C(=O)O1. The lowest BCUT2D eigenvalue weighted by molar-refractivity contribution is -0.318. The third kappa shape index (κ3) is 7.01. The van der Waals surface area contributed by atoms with Crippen LogP contribution in [0.15, 0.2) is 65.8 Å². The van der Waals surface area contributed by atoms with Crippen molar-refractivity contribution in [2.45, 2.75) is 68.8 Å². The summed E-state index contributed by atoms with van der Waals surface area (Å²) in [5.41, 5.74) is -0.496. The first kappa shape index (κ1) is 34.0. The number of benzene rings is 1. The summed E-state index contributed by atoms with van der Waals surface area (Å²) in [5, 5.41) is 41.1. The Kier molecular flexibility index (Phi) is 9.98. The number of aromatic hydroxyl groups is 1. The molecule has 1 aromatic rings. The molecular formula is C33H36O14. The summed E-state index contributed by atoms with van der Waals surface area (Å²) in [7, 11) is 1.23. The molecule has 5 rings (SSSR count). The number of hydrogen-bond donors (Lipinski definition) is 4. The van der Waals surface area contributed by atoms with Gasteiger partial charge in [0.05, 0.1) is 18.8 Å². The minimum absolute atomic E-state index is 0.0449. The lowest BCUT2D eigenvalue weighted by atomic mass is 9.72. The maximum absolute atomic E-state index is 13.2. The molecule has 1 saturated heterocycles. The molecule has 14 heteroatoms. The fourth-order valence-corrected chi connectivity index (χ4v) is 6.23. The van der Waals surface area contributed by atoms with Gasteiger partial charge in [0.2, 0.25) is 0 Å². The van der Waals surface area contributed by atoms with Crippen molar-refractivity contribution in [3.05, 3.63) is 71.4 Å². The Morgan fingerprint density at radius 3 is 2.51 bits per heavy atom. The lowest BCUT2D eigenvalue weighted by Gasteiger charge is -2.45. The maximum atomic E-state index is 13.2. The van der Waals surface area contributed by atoms with Crippen molar-refractivity contribution in [1.82, 2.24) is 0 Å². The number of carbonyl (C=O) groups excluding carboxylic acids is 4. The number of phenols is 1. The minimum Gasteiger partial charge on any atom is -0.508 e. The Morgan fingerprint density at radius 2 is 1.83 bits per heavy atom. The van der Waals surface area contributed by atoms with E-state index in [4.69, 9.17) is 28.4 Å². The summed E-state index contributed by atoms with van der Waals surface area (Å²) in [4.78, 5) is 49.9. The number of methoxy groups -OCH3 is 1. The second-order valence-corrected chi connectivity index (χ2v) is 11.6. The fourth-order valence-electron chi connectivity index (χ4n) is 6.23. The van der Waals surface area contributed by atoms with Gasteiger partial charge in [-0.3, -0.25) is 4.79 Å². The summed E-state index contributed by atoms with van der Waals surface area (Å²) in [5.74, 6) is -4.15. The summed E-state index contributed by atoms with van der Waals surface area (Å²) >= 11 is 0. The summed E-state index contributed by atoms with van der Waals surface area (Å²) in [6.07, 6.45) is -0.547. The Hall–Kier alpha value is -4.34. The van der Waals surface area contributed by atoms with Crippen molar-refractivity contribution >= 4 is 30.0 Å². The molecule has 0 saturated carbocycles. The number of phenolic OH excluding ortho intramolecular Hbond substituents is 1. The Balaban J connectivity index is 1.38. The molecule has 0 radical (unpaired) electrons. The van der Waals surface area contributed by atoms with E-state index in [0.717, 1.165) is 6.92 Å². The van der Waals surface area contributed by atoms with Crippen molar-refractivity contribution in [3.8, 4) is 5.75 Å². The molecule has 10 atom stereocenters. The first-order chi connectivity index (χ1) is 22.3. The van der Waals surface area contributed by atoms with Crippen LogP contribution < -0.4 is 0 Å². The van der Waals surface area contributed by atoms with Gasteiger partial charge in [-0.05, 0) is 49.3 Å². The number of fused-ring (bicyclic) bond motifs is 2. The van der Waals surface area contributed by atoms with Crippen LogP contribution in [0.1, 0.15) is 25.8 Å². The quantitative estimate of drug-likeness (QED) is 0.125. The molecule has 0 unspecified atom stereocenters. The number of allylic oxidation sites excluding steroid dienone is 1. The number of rotatable bonds is 9. The van der Waals surface area contributed by atoms with Gasteiger partial charge >= 0.3 is 23.9 Å². The normalized spacial score (nSPS) is 33.5. The van der Waals surface area contributed by atoms with Crippen molar-refractivity contribution in [3.63, 3.8) is 0 Å². The van der Waals surface area contributed by atoms with Crippen LogP contribution in [0, 0.1) is 11.8 Å². The highest BCUT2D eigenvalue weighted by Gasteiger charge is 2.58. The van der Waals surface area contributed by atoms with Gasteiger partial charge in [-0.2, -0.15) is 0 Å². The molecule has 0 aromatic heterocycles. The van der Waals surface area contributed by atoms with Crippen LogP contribution in [0.4, 0.5) is 0 Å². The van der Waals surface area contributed by atoms with Crippen LogP contribution in [0.3, 0.4) is 0 Å². The topological polar surface area (TPSA) is 205 Å². The molecule has 252 valence electrons. The van der Waals surface area contributed by atoms with E-state index in [1.165, 1.54) is 44.4 Å². The monoisotopic (exact) mass is 656 g/mol. The number of carbonyl (C=O) groups is 4. The molecule has 4 N–H and O–H groups in total. The number of esters is 4. The van der Waals surface area contributed by atoms with E-state index < -0.39 is 90.8 Å². The molecule has 1 spiro atoms. The number of hydrogen-bond acceptors (Lipinski definition) is 14. The summed E-state index contributed by atoms with van der Waals surface area (Å²) in [6.45, 7) is 2.25. The predicted molar refractivity (Wildman–Crippen MR) is 159 cm³/mol. The second kappa shape index (κ2) is 13.8. The molecular weight excluding hydrogens is 620 g/mol. The van der Waals surface area contributed by atoms with Crippen LogP contribution in [-0.4, -0.2) is 107 Å². The van der Waals surface area contributed by atoms with Gasteiger partial charge in [0.15, 0.2) is 11.9 Å². The van der Waals surface area contributed by atoms with E-state index in [1.54, 1.807) is 30.4 Å². The van der Waals surface area contributed by atoms with Gasteiger partial charge in [-0.25, -0.2) is 14.4 Å². The molecule has 4 aliphatic rings. The number of aliphatic hydroxyl groups excluding tert-OH is 3. The first-order valence-electron chi connectivity index (χ1n) is 14.9. The molecule has 2 aliphatic carbocycles. The van der Waals surface area contributed by atoms with Crippen molar-refractivity contribution in [2.75, 3.05) is 13.7 Å². The van der Waals surface area contributed by atoms with Crippen LogP contribution in [0.2, 0.25) is 0 Å². The zero-order valence-electron chi connectivity index (χ0n) is 25.8. The first-order valence-corrected chi connectivity index (χ1v) is 14.9. The van der Waals surface area contributed by atoms with Crippen LogP contribution in [0.5, 0.6) is 5.75 Å². The van der Waals surface area contributed by atoms with Crippen LogP contribution >= 0.6 is 0 Å². The van der Waals surface area contributed by atoms with Gasteiger partial charge in [0, 0.05) is 30.4 Å². The van der Waals surface area contributed by atoms with E-state index in [1.807, 2.05) is 0 Å². The maximum Gasteiger partial charge on any atom is 0.338 e. The summed E-state index contributed by atoms with van der Waals surface area (Å²) in [6, 6.07) is 6.13. The molecule has 2 aliphatic heterocycles. The Morgan fingerprint density at radius 1 is 1.11 bits per heavy atom. The van der Waals surface area contributed by atoms with Crippen molar-refractivity contribution in [1.29, 1.82) is 0 Å². The average Bonchev–Trinajstić information content (AvgIpc) is 3.59. The van der Waals surface area contributed by atoms with Crippen molar-refractivity contribution < 1.29 is 68.0 Å².